The van der Waals surface area contributed by atoms with Gasteiger partial charge in [0, 0.05) is 54.1 Å². The average molecular weight is 983 g/mol. The highest BCUT2D eigenvalue weighted by Gasteiger charge is 2.44. The number of nitrogens with one attached hydrogen (secondary N) is 1. The van der Waals surface area contributed by atoms with Crippen molar-refractivity contribution in [2.24, 2.45) is 10.8 Å². The predicted molar refractivity (Wildman–Crippen MR) is 278 cm³/mol. The zero-order valence-corrected chi connectivity index (χ0v) is 41.4. The molecule has 2 aliphatic heterocycles. The highest BCUT2D eigenvalue weighted by Crippen LogP contribution is 2.41. The molecule has 0 radical (unpaired) electrons. The molecule has 2 fully saturated rings. The number of ether oxygens (including phenoxy) is 4. The molecule has 2 saturated heterocycles. The summed E-state index contributed by atoms with van der Waals surface area (Å²) in [5, 5.41) is 15.3. The van der Waals surface area contributed by atoms with Crippen LogP contribution in [0.4, 0.5) is 23.5 Å². The zero-order valence-electron chi connectivity index (χ0n) is 40.7. The molecule has 0 aliphatic carbocycles. The second-order valence-corrected chi connectivity index (χ2v) is 18.6. The first-order valence-electron chi connectivity index (χ1n) is 23.5. The van der Waals surface area contributed by atoms with Gasteiger partial charge in [-0.3, -0.25) is 9.59 Å². The SMILES string of the molecule is COc1cc2nc(N3CCC(Cc4ccccc4)(C(=O)NC(C)c4ccc(Cl)cc4)CC3)nc(N)c2cc1OC.COc1cc2nc(N3CCC(Cc4ccccc4)(C(=O)O)CC3)nc(N)c2cc1OC. The van der Waals surface area contributed by atoms with Crippen molar-refractivity contribution >= 4 is 68.8 Å². The highest BCUT2D eigenvalue weighted by atomic mass is 35.5. The van der Waals surface area contributed by atoms with Gasteiger partial charge in [-0.1, -0.05) is 84.4 Å². The third-order valence-electron chi connectivity index (χ3n) is 13.9. The van der Waals surface area contributed by atoms with Crippen LogP contribution in [0, 0.1) is 10.8 Å². The fourth-order valence-electron chi connectivity index (χ4n) is 9.59. The van der Waals surface area contributed by atoms with E-state index in [1.807, 2.05) is 90.7 Å². The van der Waals surface area contributed by atoms with E-state index in [1.165, 1.54) is 0 Å². The van der Waals surface area contributed by atoms with Gasteiger partial charge in [0.15, 0.2) is 23.0 Å². The van der Waals surface area contributed by atoms with E-state index >= 15 is 0 Å². The lowest BCUT2D eigenvalue weighted by Crippen LogP contribution is -2.51. The lowest BCUT2D eigenvalue weighted by molar-refractivity contribution is -0.150. The van der Waals surface area contributed by atoms with Crippen LogP contribution in [0.2, 0.25) is 5.02 Å². The zero-order chi connectivity index (χ0) is 50.3. The number of carbonyl (C=O) groups is 2. The van der Waals surface area contributed by atoms with E-state index < -0.39 is 16.8 Å². The third-order valence-corrected chi connectivity index (χ3v) is 14.1. The molecule has 0 saturated carbocycles. The number of fused-ring (bicyclic) bond motifs is 2. The van der Waals surface area contributed by atoms with Crippen molar-refractivity contribution in [1.29, 1.82) is 0 Å². The number of hydrogen-bond acceptors (Lipinski definition) is 14. The Morgan fingerprint density at radius 3 is 1.42 bits per heavy atom. The summed E-state index contributed by atoms with van der Waals surface area (Å²) in [5.41, 5.74) is 15.7. The van der Waals surface area contributed by atoms with Crippen molar-refractivity contribution in [3.63, 3.8) is 0 Å². The number of carboxylic acid groups (broad SMARTS) is 1. The number of aromatic nitrogens is 4. The minimum Gasteiger partial charge on any atom is -0.493 e. The summed E-state index contributed by atoms with van der Waals surface area (Å²) < 4.78 is 21.6. The largest absolute Gasteiger partial charge is 0.493 e. The normalized spacial score (nSPS) is 15.5. The number of nitrogen functional groups attached to an aromatic ring is 2. The number of carbonyl (C=O) groups excluding carboxylic acids is 1. The quantitative estimate of drug-likeness (QED) is 0.0802. The minimum absolute atomic E-state index is 0.0502. The van der Waals surface area contributed by atoms with Crippen molar-refractivity contribution in [1.82, 2.24) is 25.3 Å². The standard InChI is InChI=1S/C31H34ClN5O3.C23H26N4O4/c1-20(22-9-11-23(32)12-10-22)34-29(38)31(19-21-7-5-4-6-8-21)13-15-37(16-14-31)30-35-25-18-27(40-3)26(39-2)17-24(25)28(33)36-30;1-30-18-12-16-17(13-19(18)31-2)25-22(26-20(16)24)27-10-8-23(9-11-27,21(28)29)14-15-6-4-3-5-7-15/h4-12,17-18,20H,13-16,19H2,1-3H3,(H,34,38)(H2,33,35,36);3-7,12-13H,8-11,14H2,1-2H3,(H,28,29)(H2,24,25,26). The monoisotopic (exact) mass is 981 g/mol. The van der Waals surface area contributed by atoms with E-state index in [9.17, 15) is 14.7 Å². The third kappa shape index (κ3) is 10.9. The molecule has 9 rings (SSSR count). The predicted octanol–water partition coefficient (Wildman–Crippen LogP) is 8.73. The summed E-state index contributed by atoms with van der Waals surface area (Å²) >= 11 is 6.07. The summed E-state index contributed by atoms with van der Waals surface area (Å²) in [7, 11) is 6.30. The maximum Gasteiger partial charge on any atom is 0.310 e. The fourth-order valence-corrected chi connectivity index (χ4v) is 9.72. The number of rotatable bonds is 14. The second kappa shape index (κ2) is 21.6. The highest BCUT2D eigenvalue weighted by molar-refractivity contribution is 6.30. The lowest BCUT2D eigenvalue weighted by atomic mass is 9.72. The van der Waals surface area contributed by atoms with Crippen molar-refractivity contribution in [3.05, 3.63) is 131 Å². The number of halogens is 1. The molecule has 1 amide bonds. The van der Waals surface area contributed by atoms with Crippen LogP contribution in [0.15, 0.2) is 109 Å². The average Bonchev–Trinajstić information content (AvgIpc) is 3.39. The van der Waals surface area contributed by atoms with Crippen LogP contribution in [-0.2, 0) is 22.4 Å². The number of benzene rings is 5. The van der Waals surface area contributed by atoms with Gasteiger partial charge in [-0.15, -0.1) is 0 Å². The number of nitrogens with two attached hydrogens (primary N) is 2. The van der Waals surface area contributed by atoms with E-state index in [-0.39, 0.29) is 11.9 Å². The molecular weight excluding hydrogens is 922 g/mol. The van der Waals surface area contributed by atoms with Gasteiger partial charge in [0.05, 0.1) is 56.3 Å². The number of nitrogens with zero attached hydrogens (tertiary/aromatic N) is 6. The number of hydrogen-bond donors (Lipinski definition) is 4. The molecule has 5 aromatic carbocycles. The molecule has 1 atom stereocenters. The molecule has 1 unspecified atom stereocenters. The number of piperidine rings is 2. The van der Waals surface area contributed by atoms with Crippen molar-refractivity contribution in [2.75, 3.05) is 75.9 Å². The van der Waals surface area contributed by atoms with Gasteiger partial charge in [0.2, 0.25) is 17.8 Å². The van der Waals surface area contributed by atoms with E-state index in [4.69, 9.17) is 47.0 Å². The second-order valence-electron chi connectivity index (χ2n) is 18.2. The van der Waals surface area contributed by atoms with Gasteiger partial charge in [0.1, 0.15) is 11.6 Å². The number of methoxy groups -OCH3 is 4. The number of carboxylic acids is 1. The first kappa shape index (κ1) is 49.8. The molecule has 16 nitrogen and oxygen atoms in total. The Labute approximate surface area is 418 Å². The van der Waals surface area contributed by atoms with E-state index in [1.54, 1.807) is 46.6 Å². The molecule has 7 aromatic rings. The van der Waals surface area contributed by atoms with Gasteiger partial charge in [-0.05, 0) is 86.4 Å². The topological polar surface area (TPSA) is 213 Å². The smallest absolute Gasteiger partial charge is 0.310 e. The van der Waals surface area contributed by atoms with Crippen molar-refractivity contribution in [2.45, 2.75) is 51.5 Å². The molecule has 2 aliphatic rings. The van der Waals surface area contributed by atoms with Gasteiger partial charge in [-0.2, -0.15) is 9.97 Å². The lowest BCUT2D eigenvalue weighted by Gasteiger charge is -2.41. The van der Waals surface area contributed by atoms with Gasteiger partial charge < -0.3 is 50.6 Å². The molecule has 71 heavy (non-hydrogen) atoms. The molecule has 17 heteroatoms. The summed E-state index contributed by atoms with van der Waals surface area (Å²) in [6.07, 6.45) is 3.46. The Kier molecular flexibility index (Phi) is 15.1. The molecule has 370 valence electrons. The summed E-state index contributed by atoms with van der Waals surface area (Å²) in [6.45, 7) is 4.32. The first-order chi connectivity index (χ1) is 34.3. The summed E-state index contributed by atoms with van der Waals surface area (Å²) in [5.74, 6) is 3.31. The summed E-state index contributed by atoms with van der Waals surface area (Å²) in [6, 6.07) is 34.5. The Morgan fingerprint density at radius 1 is 0.620 bits per heavy atom. The molecule has 0 spiro atoms. The molecule has 4 heterocycles. The molecule has 6 N–H and O–H groups in total. The Hall–Kier alpha value is -7.59. The van der Waals surface area contributed by atoms with Crippen LogP contribution < -0.4 is 45.5 Å². The number of amides is 1. The summed E-state index contributed by atoms with van der Waals surface area (Å²) in [4.78, 5) is 48.8. The maximum absolute atomic E-state index is 13.9. The van der Waals surface area contributed by atoms with Crippen LogP contribution in [0.5, 0.6) is 23.0 Å². The van der Waals surface area contributed by atoms with Crippen LogP contribution in [0.3, 0.4) is 0 Å². The van der Waals surface area contributed by atoms with Crippen LogP contribution >= 0.6 is 11.6 Å². The van der Waals surface area contributed by atoms with Gasteiger partial charge in [0.25, 0.3) is 0 Å². The number of anilines is 4. The van der Waals surface area contributed by atoms with Crippen LogP contribution in [0.1, 0.15) is 55.3 Å². The van der Waals surface area contributed by atoms with E-state index in [0.717, 1.165) is 16.7 Å². The minimum atomic E-state index is -0.795. The molecular formula is C54H60ClN9O7. The number of aliphatic carboxylic acids is 1. The maximum atomic E-state index is 13.9. The van der Waals surface area contributed by atoms with Gasteiger partial charge >= 0.3 is 5.97 Å². The molecule has 0 bridgehead atoms. The Morgan fingerprint density at radius 2 is 1.01 bits per heavy atom. The molecule has 2 aromatic heterocycles. The van der Waals surface area contributed by atoms with Crippen LogP contribution in [0.25, 0.3) is 21.8 Å². The Bertz CT molecular complexity index is 2990. The van der Waals surface area contributed by atoms with Gasteiger partial charge in [-0.25, -0.2) is 9.97 Å². The first-order valence-corrected chi connectivity index (χ1v) is 23.9. The Balaban J connectivity index is 0.000000197. The van der Waals surface area contributed by atoms with E-state index in [2.05, 4.69) is 37.3 Å². The van der Waals surface area contributed by atoms with Crippen LogP contribution in [-0.4, -0.2) is 91.5 Å². The van der Waals surface area contributed by atoms with Crippen molar-refractivity contribution < 1.29 is 33.6 Å². The van der Waals surface area contributed by atoms with E-state index in [0.29, 0.717) is 138 Å². The van der Waals surface area contributed by atoms with Crippen molar-refractivity contribution in [3.8, 4) is 23.0 Å². The fraction of sp³-hybridized carbons (Fsp3) is 0.333.